The molecule has 0 aliphatic rings. The van der Waals surface area contributed by atoms with Crippen LogP contribution < -0.4 is 5.32 Å². The second-order valence-electron chi connectivity index (χ2n) is 6.73. The van der Waals surface area contributed by atoms with Crippen molar-refractivity contribution in [2.45, 2.75) is 26.9 Å². The molecule has 0 aliphatic heterocycles. The lowest BCUT2D eigenvalue weighted by Crippen LogP contribution is -2.28. The molecule has 1 N–H and O–H groups in total. The summed E-state index contributed by atoms with van der Waals surface area (Å²) < 4.78 is 0. The van der Waals surface area contributed by atoms with E-state index in [1.165, 1.54) is 4.80 Å². The number of aromatic nitrogens is 5. The molecule has 0 saturated carbocycles. The molecule has 0 bridgehead atoms. The van der Waals surface area contributed by atoms with Crippen molar-refractivity contribution in [2.75, 3.05) is 0 Å². The summed E-state index contributed by atoms with van der Waals surface area (Å²) in [4.78, 5) is 18.0. The lowest BCUT2D eigenvalue weighted by atomic mass is 10.1. The zero-order valence-corrected chi connectivity index (χ0v) is 17.0. The van der Waals surface area contributed by atoms with Gasteiger partial charge in [-0.1, -0.05) is 54.1 Å². The molecule has 0 fully saturated rings. The van der Waals surface area contributed by atoms with Gasteiger partial charge in [-0.2, -0.15) is 4.80 Å². The van der Waals surface area contributed by atoms with Gasteiger partial charge >= 0.3 is 0 Å². The zero-order chi connectivity index (χ0) is 20.2. The maximum Gasteiger partial charge on any atom is 0.243 e. The third kappa shape index (κ3) is 4.72. The van der Waals surface area contributed by atoms with E-state index in [9.17, 15) is 4.79 Å². The third-order valence-corrected chi connectivity index (χ3v) is 5.18. The van der Waals surface area contributed by atoms with Crippen LogP contribution in [0.2, 0.25) is 0 Å². The number of tetrazole rings is 1. The maximum atomic E-state index is 12.2. The number of amides is 1. The molecule has 2 aromatic carbocycles. The molecule has 0 saturated heterocycles. The smallest absolute Gasteiger partial charge is 0.243 e. The van der Waals surface area contributed by atoms with Gasteiger partial charge in [0.1, 0.15) is 6.54 Å². The summed E-state index contributed by atoms with van der Waals surface area (Å²) in [5.41, 5.74) is 5.10. The van der Waals surface area contributed by atoms with Crippen LogP contribution in [0.15, 0.2) is 53.9 Å². The SMILES string of the molecule is Cc1ccc(-c2nnn(CC(=O)NCc3ccc(-c4csc(C)n4)cc3)n2)cc1. The molecule has 8 heteroatoms. The van der Waals surface area contributed by atoms with Crippen LogP contribution in [0, 0.1) is 13.8 Å². The molecule has 0 atom stereocenters. The van der Waals surface area contributed by atoms with Gasteiger partial charge in [0, 0.05) is 23.1 Å². The predicted molar refractivity (Wildman–Crippen MR) is 112 cm³/mol. The van der Waals surface area contributed by atoms with Crippen LogP contribution in [0.5, 0.6) is 0 Å². The minimum Gasteiger partial charge on any atom is -0.350 e. The Morgan fingerprint density at radius 1 is 1.03 bits per heavy atom. The quantitative estimate of drug-likeness (QED) is 0.532. The summed E-state index contributed by atoms with van der Waals surface area (Å²) in [5.74, 6) is 0.336. The van der Waals surface area contributed by atoms with Crippen molar-refractivity contribution in [3.63, 3.8) is 0 Å². The van der Waals surface area contributed by atoms with Gasteiger partial charge in [-0.25, -0.2) is 4.98 Å². The summed E-state index contributed by atoms with van der Waals surface area (Å²) in [6, 6.07) is 15.9. The highest BCUT2D eigenvalue weighted by molar-refractivity contribution is 7.09. The first-order valence-corrected chi connectivity index (χ1v) is 10.1. The topological polar surface area (TPSA) is 85.6 Å². The van der Waals surface area contributed by atoms with Crippen LogP contribution in [0.1, 0.15) is 16.1 Å². The Hall–Kier alpha value is -3.39. The number of aryl methyl sites for hydroxylation is 2. The van der Waals surface area contributed by atoms with Crippen molar-refractivity contribution in [2.24, 2.45) is 0 Å². The van der Waals surface area contributed by atoms with E-state index >= 15 is 0 Å². The second-order valence-corrected chi connectivity index (χ2v) is 7.80. The molecule has 0 radical (unpaired) electrons. The first-order valence-electron chi connectivity index (χ1n) is 9.20. The molecule has 0 aliphatic carbocycles. The fraction of sp³-hybridized carbons (Fsp3) is 0.190. The monoisotopic (exact) mass is 404 g/mol. The van der Waals surface area contributed by atoms with Crippen molar-refractivity contribution in [1.82, 2.24) is 30.5 Å². The summed E-state index contributed by atoms with van der Waals surface area (Å²) in [6.07, 6.45) is 0. The normalized spacial score (nSPS) is 10.8. The number of nitrogens with zero attached hydrogens (tertiary/aromatic N) is 5. The van der Waals surface area contributed by atoms with E-state index in [-0.39, 0.29) is 12.5 Å². The number of hydrogen-bond donors (Lipinski definition) is 1. The van der Waals surface area contributed by atoms with Gasteiger partial charge in [0.05, 0.1) is 10.7 Å². The second kappa shape index (κ2) is 8.32. The Morgan fingerprint density at radius 2 is 1.76 bits per heavy atom. The molecule has 0 unspecified atom stereocenters. The first kappa shape index (κ1) is 18.9. The van der Waals surface area contributed by atoms with E-state index in [2.05, 4.69) is 25.7 Å². The van der Waals surface area contributed by atoms with E-state index in [4.69, 9.17) is 0 Å². The number of benzene rings is 2. The number of thiazole rings is 1. The number of hydrogen-bond acceptors (Lipinski definition) is 6. The Morgan fingerprint density at radius 3 is 2.45 bits per heavy atom. The van der Waals surface area contributed by atoms with E-state index in [0.717, 1.165) is 33.0 Å². The highest BCUT2D eigenvalue weighted by Gasteiger charge is 2.09. The zero-order valence-electron chi connectivity index (χ0n) is 16.2. The minimum absolute atomic E-state index is 0.0229. The number of nitrogens with one attached hydrogen (secondary N) is 1. The largest absolute Gasteiger partial charge is 0.350 e. The fourth-order valence-corrected chi connectivity index (χ4v) is 3.42. The maximum absolute atomic E-state index is 12.2. The molecule has 0 spiro atoms. The van der Waals surface area contributed by atoms with Gasteiger partial charge in [-0.3, -0.25) is 4.79 Å². The number of carbonyl (C=O) groups excluding carboxylic acids is 1. The predicted octanol–water partition coefficient (Wildman–Crippen LogP) is 3.40. The van der Waals surface area contributed by atoms with Gasteiger partial charge in [-0.05, 0) is 24.6 Å². The van der Waals surface area contributed by atoms with E-state index < -0.39 is 0 Å². The first-order chi connectivity index (χ1) is 14.1. The van der Waals surface area contributed by atoms with Crippen LogP contribution in [-0.4, -0.2) is 31.1 Å². The van der Waals surface area contributed by atoms with Crippen molar-refractivity contribution in [3.8, 4) is 22.6 Å². The van der Waals surface area contributed by atoms with Gasteiger partial charge in [0.25, 0.3) is 0 Å². The molecular weight excluding hydrogens is 384 g/mol. The Kier molecular flexibility index (Phi) is 5.44. The average molecular weight is 404 g/mol. The molecule has 4 aromatic rings. The Bertz CT molecular complexity index is 1110. The lowest BCUT2D eigenvalue weighted by Gasteiger charge is -2.05. The third-order valence-electron chi connectivity index (χ3n) is 4.41. The molecule has 7 nitrogen and oxygen atoms in total. The van der Waals surface area contributed by atoms with Crippen molar-refractivity contribution in [3.05, 3.63) is 70.0 Å². The fourth-order valence-electron chi connectivity index (χ4n) is 2.80. The Labute approximate surface area is 172 Å². The highest BCUT2D eigenvalue weighted by atomic mass is 32.1. The van der Waals surface area contributed by atoms with Crippen LogP contribution in [0.3, 0.4) is 0 Å². The molecule has 4 rings (SSSR count). The standard InChI is InChI=1S/C21H20N6OS/c1-14-3-7-18(8-4-14)21-24-26-27(25-21)12-20(28)22-11-16-5-9-17(10-6-16)19-13-29-15(2)23-19/h3-10,13H,11-12H2,1-2H3,(H,22,28). The lowest BCUT2D eigenvalue weighted by molar-refractivity contribution is -0.122. The van der Waals surface area contributed by atoms with Crippen LogP contribution in [0.25, 0.3) is 22.6 Å². The van der Waals surface area contributed by atoms with E-state index in [0.29, 0.717) is 12.4 Å². The van der Waals surface area contributed by atoms with Crippen LogP contribution in [0.4, 0.5) is 0 Å². The molecule has 2 heterocycles. The van der Waals surface area contributed by atoms with Crippen molar-refractivity contribution in [1.29, 1.82) is 0 Å². The van der Waals surface area contributed by atoms with Gasteiger partial charge in [0.15, 0.2) is 0 Å². The summed E-state index contributed by atoms with van der Waals surface area (Å²) in [5, 5.41) is 18.2. The van der Waals surface area contributed by atoms with Crippen LogP contribution in [-0.2, 0) is 17.9 Å². The highest BCUT2D eigenvalue weighted by Crippen LogP contribution is 2.21. The Balaban J connectivity index is 1.31. The van der Waals surface area contributed by atoms with Gasteiger partial charge in [0.2, 0.25) is 11.7 Å². The van der Waals surface area contributed by atoms with E-state index in [1.807, 2.05) is 67.8 Å². The minimum atomic E-state index is -0.169. The summed E-state index contributed by atoms with van der Waals surface area (Å²) in [7, 11) is 0. The van der Waals surface area contributed by atoms with Gasteiger partial charge in [-0.15, -0.1) is 21.5 Å². The van der Waals surface area contributed by atoms with Crippen molar-refractivity contribution >= 4 is 17.2 Å². The summed E-state index contributed by atoms with van der Waals surface area (Å²) in [6.45, 7) is 4.47. The number of carbonyl (C=O) groups is 1. The number of rotatable bonds is 6. The van der Waals surface area contributed by atoms with Crippen molar-refractivity contribution < 1.29 is 4.79 Å². The van der Waals surface area contributed by atoms with Gasteiger partial charge < -0.3 is 5.32 Å². The van der Waals surface area contributed by atoms with Crippen LogP contribution >= 0.6 is 11.3 Å². The summed E-state index contributed by atoms with van der Waals surface area (Å²) >= 11 is 1.63. The molecule has 2 aromatic heterocycles. The molecule has 1 amide bonds. The van der Waals surface area contributed by atoms with E-state index in [1.54, 1.807) is 11.3 Å². The average Bonchev–Trinajstić information content (AvgIpc) is 3.37. The molecular formula is C21H20N6OS. The molecule has 146 valence electrons. The molecule has 29 heavy (non-hydrogen) atoms.